The number of nitrogens with zero attached hydrogens (tertiary/aromatic N) is 3. The van der Waals surface area contributed by atoms with Gasteiger partial charge in [-0.15, -0.1) is 21.5 Å². The van der Waals surface area contributed by atoms with Crippen molar-refractivity contribution in [3.05, 3.63) is 23.4 Å². The zero-order valence-electron chi connectivity index (χ0n) is 11.7. The molecule has 0 saturated carbocycles. The summed E-state index contributed by atoms with van der Waals surface area (Å²) in [6.07, 6.45) is 2.31. The SMILES string of the molecule is CC(N)C1CCN(Cc2nnc(-c3cccs3)o2)CC1. The first-order chi connectivity index (χ1) is 9.72. The molecule has 0 bridgehead atoms. The third-order valence-corrected chi connectivity index (χ3v) is 4.79. The molecule has 0 amide bonds. The molecule has 1 aliphatic heterocycles. The van der Waals surface area contributed by atoms with Gasteiger partial charge < -0.3 is 10.2 Å². The number of hydrogen-bond donors (Lipinski definition) is 1. The molecule has 5 nitrogen and oxygen atoms in total. The Bertz CT molecular complexity index is 529. The fraction of sp³-hybridized carbons (Fsp3) is 0.571. The number of nitrogens with two attached hydrogens (primary N) is 1. The minimum atomic E-state index is 0.297. The molecule has 1 unspecified atom stereocenters. The molecule has 0 spiro atoms. The fourth-order valence-electron chi connectivity index (χ4n) is 2.65. The highest BCUT2D eigenvalue weighted by Gasteiger charge is 2.23. The summed E-state index contributed by atoms with van der Waals surface area (Å²) in [4.78, 5) is 3.39. The third kappa shape index (κ3) is 3.08. The quantitative estimate of drug-likeness (QED) is 0.937. The summed E-state index contributed by atoms with van der Waals surface area (Å²) in [5, 5.41) is 10.3. The van der Waals surface area contributed by atoms with Crippen molar-refractivity contribution in [1.29, 1.82) is 0 Å². The maximum atomic E-state index is 5.96. The van der Waals surface area contributed by atoms with Crippen LogP contribution in [0.3, 0.4) is 0 Å². The summed E-state index contributed by atoms with van der Waals surface area (Å²) in [6.45, 7) is 4.96. The van der Waals surface area contributed by atoms with Gasteiger partial charge in [-0.1, -0.05) is 6.07 Å². The Kier molecular flexibility index (Phi) is 4.14. The van der Waals surface area contributed by atoms with Crippen molar-refractivity contribution in [3.63, 3.8) is 0 Å². The largest absolute Gasteiger partial charge is 0.419 e. The van der Waals surface area contributed by atoms with Gasteiger partial charge in [-0.2, -0.15) is 0 Å². The number of hydrogen-bond acceptors (Lipinski definition) is 6. The molecule has 20 heavy (non-hydrogen) atoms. The van der Waals surface area contributed by atoms with Crippen LogP contribution in [0.15, 0.2) is 21.9 Å². The molecule has 3 heterocycles. The molecule has 0 radical (unpaired) electrons. The van der Waals surface area contributed by atoms with Crippen LogP contribution in [0.1, 0.15) is 25.7 Å². The summed E-state index contributed by atoms with van der Waals surface area (Å²) in [5.74, 6) is 1.98. The van der Waals surface area contributed by atoms with Crippen molar-refractivity contribution in [2.24, 2.45) is 11.7 Å². The standard InChI is InChI=1S/C14H20N4OS/c1-10(15)11-4-6-18(7-5-11)9-13-16-17-14(19-13)12-3-2-8-20-12/h2-3,8,10-11H,4-7,9,15H2,1H3. The van der Waals surface area contributed by atoms with E-state index in [1.807, 2.05) is 17.5 Å². The Morgan fingerprint density at radius 2 is 2.25 bits per heavy atom. The van der Waals surface area contributed by atoms with Crippen LogP contribution >= 0.6 is 11.3 Å². The van der Waals surface area contributed by atoms with Gasteiger partial charge in [-0.05, 0) is 50.2 Å². The van der Waals surface area contributed by atoms with Crippen LogP contribution in [0.2, 0.25) is 0 Å². The lowest BCUT2D eigenvalue weighted by Crippen LogP contribution is -2.39. The highest BCUT2D eigenvalue weighted by atomic mass is 32.1. The summed E-state index contributed by atoms with van der Waals surface area (Å²) in [7, 11) is 0. The Labute approximate surface area is 122 Å². The maximum absolute atomic E-state index is 5.96. The van der Waals surface area contributed by atoms with Crippen LogP contribution in [-0.4, -0.2) is 34.2 Å². The molecule has 108 valence electrons. The predicted octanol–water partition coefficient (Wildman–Crippen LogP) is 2.36. The van der Waals surface area contributed by atoms with Gasteiger partial charge in [0.05, 0.1) is 11.4 Å². The number of aromatic nitrogens is 2. The van der Waals surface area contributed by atoms with Crippen molar-refractivity contribution in [2.45, 2.75) is 32.4 Å². The second-order valence-electron chi connectivity index (χ2n) is 5.45. The average molecular weight is 292 g/mol. The molecule has 3 rings (SSSR count). The van der Waals surface area contributed by atoms with Gasteiger partial charge in [0.15, 0.2) is 0 Å². The summed E-state index contributed by atoms with van der Waals surface area (Å²) >= 11 is 1.62. The van der Waals surface area contributed by atoms with E-state index < -0.39 is 0 Å². The lowest BCUT2D eigenvalue weighted by Gasteiger charge is -2.32. The fourth-order valence-corrected chi connectivity index (χ4v) is 3.29. The van der Waals surface area contributed by atoms with E-state index in [1.54, 1.807) is 11.3 Å². The lowest BCUT2D eigenvalue weighted by atomic mass is 9.91. The van der Waals surface area contributed by atoms with E-state index in [0.717, 1.165) is 37.4 Å². The molecule has 1 atom stereocenters. The Morgan fingerprint density at radius 3 is 2.90 bits per heavy atom. The molecule has 6 heteroatoms. The van der Waals surface area contributed by atoms with Gasteiger partial charge >= 0.3 is 0 Å². The molecule has 1 fully saturated rings. The minimum Gasteiger partial charge on any atom is -0.419 e. The molecule has 1 saturated heterocycles. The van der Waals surface area contributed by atoms with Crippen LogP contribution < -0.4 is 5.73 Å². The van der Waals surface area contributed by atoms with E-state index in [2.05, 4.69) is 22.0 Å². The second kappa shape index (κ2) is 6.03. The topological polar surface area (TPSA) is 68.2 Å². The maximum Gasteiger partial charge on any atom is 0.257 e. The van der Waals surface area contributed by atoms with Gasteiger partial charge in [0.25, 0.3) is 5.89 Å². The van der Waals surface area contributed by atoms with E-state index >= 15 is 0 Å². The van der Waals surface area contributed by atoms with Crippen molar-refractivity contribution in [1.82, 2.24) is 15.1 Å². The van der Waals surface area contributed by atoms with E-state index in [9.17, 15) is 0 Å². The van der Waals surface area contributed by atoms with E-state index in [4.69, 9.17) is 10.2 Å². The highest BCUT2D eigenvalue weighted by Crippen LogP contribution is 2.24. The van der Waals surface area contributed by atoms with Crippen LogP contribution in [-0.2, 0) is 6.54 Å². The molecule has 2 aromatic rings. The Hall–Kier alpha value is -1.24. The number of likely N-dealkylation sites (tertiary alicyclic amines) is 1. The van der Waals surface area contributed by atoms with Crippen LogP contribution in [0, 0.1) is 5.92 Å². The number of piperidine rings is 1. The zero-order valence-corrected chi connectivity index (χ0v) is 12.5. The van der Waals surface area contributed by atoms with Gasteiger partial charge in [0, 0.05) is 6.04 Å². The first kappa shape index (κ1) is 13.7. The number of rotatable bonds is 4. The smallest absolute Gasteiger partial charge is 0.257 e. The highest BCUT2D eigenvalue weighted by molar-refractivity contribution is 7.13. The Balaban J connectivity index is 1.57. The van der Waals surface area contributed by atoms with Crippen LogP contribution in [0.5, 0.6) is 0 Å². The van der Waals surface area contributed by atoms with E-state index in [-0.39, 0.29) is 0 Å². The average Bonchev–Trinajstić information content (AvgIpc) is 3.09. The molecule has 0 aliphatic carbocycles. The normalized spacial score (nSPS) is 19.3. The zero-order chi connectivity index (χ0) is 13.9. The van der Waals surface area contributed by atoms with Gasteiger partial charge in [0.2, 0.25) is 5.89 Å². The van der Waals surface area contributed by atoms with Gasteiger partial charge in [0.1, 0.15) is 0 Å². The molecule has 2 aromatic heterocycles. The third-order valence-electron chi connectivity index (χ3n) is 3.93. The van der Waals surface area contributed by atoms with Crippen LogP contribution in [0.4, 0.5) is 0 Å². The van der Waals surface area contributed by atoms with Crippen molar-refractivity contribution in [2.75, 3.05) is 13.1 Å². The van der Waals surface area contributed by atoms with Crippen molar-refractivity contribution < 1.29 is 4.42 Å². The molecule has 1 aliphatic rings. The lowest BCUT2D eigenvalue weighted by molar-refractivity contribution is 0.154. The molecule has 0 aromatic carbocycles. The Morgan fingerprint density at radius 1 is 1.45 bits per heavy atom. The summed E-state index contributed by atoms with van der Waals surface area (Å²) < 4.78 is 5.73. The van der Waals surface area contributed by atoms with Crippen LogP contribution in [0.25, 0.3) is 10.8 Å². The first-order valence-electron chi connectivity index (χ1n) is 7.06. The van der Waals surface area contributed by atoms with E-state index in [1.165, 1.54) is 0 Å². The second-order valence-corrected chi connectivity index (χ2v) is 6.40. The van der Waals surface area contributed by atoms with Crippen molar-refractivity contribution >= 4 is 11.3 Å². The predicted molar refractivity (Wildman–Crippen MR) is 79.3 cm³/mol. The summed E-state index contributed by atoms with van der Waals surface area (Å²) in [5.41, 5.74) is 5.96. The van der Waals surface area contributed by atoms with Gasteiger partial charge in [-0.25, -0.2) is 0 Å². The molecular formula is C14H20N4OS. The van der Waals surface area contributed by atoms with Crippen molar-refractivity contribution in [3.8, 4) is 10.8 Å². The monoisotopic (exact) mass is 292 g/mol. The number of thiophene rings is 1. The molecular weight excluding hydrogens is 272 g/mol. The van der Waals surface area contributed by atoms with E-state index in [0.29, 0.717) is 23.7 Å². The minimum absolute atomic E-state index is 0.297. The molecule has 2 N–H and O–H groups in total. The van der Waals surface area contributed by atoms with Gasteiger partial charge in [-0.3, -0.25) is 4.90 Å². The first-order valence-corrected chi connectivity index (χ1v) is 7.94. The summed E-state index contributed by atoms with van der Waals surface area (Å²) in [6, 6.07) is 4.28.